The molecule has 110 valence electrons. The number of carboxylic acids is 1. The lowest BCUT2D eigenvalue weighted by Crippen LogP contribution is -2.15. The number of carbonyl (C=O) groups excluding carboxylic acids is 1. The number of nitrogens with one attached hydrogen (secondary N) is 1. The van der Waals surface area contributed by atoms with Crippen LogP contribution in [0.25, 0.3) is 0 Å². The maximum atomic E-state index is 11.8. The van der Waals surface area contributed by atoms with E-state index in [2.05, 4.69) is 15.5 Å². The van der Waals surface area contributed by atoms with Crippen molar-refractivity contribution in [2.45, 2.75) is 11.3 Å². The van der Waals surface area contributed by atoms with Crippen LogP contribution in [0.3, 0.4) is 0 Å². The molecule has 0 fully saturated rings. The molecule has 0 radical (unpaired) electrons. The third kappa shape index (κ3) is 4.17. The number of carboxylic acid groups (broad SMARTS) is 1. The standard InChI is InChI=1S/C12H12N4O3S2/c1-6-4-7(10(18)19)2-3-8(6)14-9(17)5-20-12-16-15-11(13)21-12/h2-4H,5H2,1H3,(H2,13,15)(H,14,17)(H,18,19). The molecular weight excluding hydrogens is 312 g/mol. The van der Waals surface area contributed by atoms with Gasteiger partial charge in [0.25, 0.3) is 0 Å². The number of hydrogen-bond acceptors (Lipinski definition) is 7. The zero-order valence-corrected chi connectivity index (χ0v) is 12.6. The van der Waals surface area contributed by atoms with Crippen LogP contribution < -0.4 is 11.1 Å². The van der Waals surface area contributed by atoms with Gasteiger partial charge in [-0.05, 0) is 30.7 Å². The molecular formula is C12H12N4O3S2. The van der Waals surface area contributed by atoms with Gasteiger partial charge in [0.05, 0.1) is 11.3 Å². The van der Waals surface area contributed by atoms with Gasteiger partial charge in [0, 0.05) is 5.69 Å². The zero-order chi connectivity index (χ0) is 15.4. The predicted molar refractivity (Wildman–Crippen MR) is 81.8 cm³/mol. The third-order valence-electron chi connectivity index (χ3n) is 2.50. The fourth-order valence-electron chi connectivity index (χ4n) is 1.53. The van der Waals surface area contributed by atoms with E-state index in [1.165, 1.54) is 35.2 Å². The van der Waals surface area contributed by atoms with Crippen molar-refractivity contribution in [3.8, 4) is 0 Å². The van der Waals surface area contributed by atoms with E-state index in [1.807, 2.05) is 0 Å². The van der Waals surface area contributed by atoms with E-state index in [0.29, 0.717) is 20.7 Å². The molecule has 0 unspecified atom stereocenters. The maximum Gasteiger partial charge on any atom is 0.335 e. The molecule has 0 aliphatic heterocycles. The van der Waals surface area contributed by atoms with Gasteiger partial charge in [-0.25, -0.2) is 4.79 Å². The van der Waals surface area contributed by atoms with E-state index >= 15 is 0 Å². The van der Waals surface area contributed by atoms with Crippen LogP contribution in [0.4, 0.5) is 10.8 Å². The molecule has 9 heteroatoms. The number of rotatable bonds is 5. The number of anilines is 2. The van der Waals surface area contributed by atoms with E-state index in [0.717, 1.165) is 0 Å². The quantitative estimate of drug-likeness (QED) is 0.718. The number of nitrogen functional groups attached to an aromatic ring is 1. The molecule has 0 atom stereocenters. The highest BCUT2D eigenvalue weighted by atomic mass is 32.2. The van der Waals surface area contributed by atoms with Gasteiger partial charge in [0.15, 0.2) is 4.34 Å². The number of amides is 1. The van der Waals surface area contributed by atoms with E-state index in [4.69, 9.17) is 10.8 Å². The lowest BCUT2D eigenvalue weighted by molar-refractivity contribution is -0.113. The molecule has 0 bridgehead atoms. The molecule has 0 spiro atoms. The van der Waals surface area contributed by atoms with Crippen LogP contribution in [0.2, 0.25) is 0 Å². The zero-order valence-electron chi connectivity index (χ0n) is 11.0. The number of aromatic nitrogens is 2. The van der Waals surface area contributed by atoms with Crippen LogP contribution in [0.1, 0.15) is 15.9 Å². The molecule has 0 aliphatic carbocycles. The smallest absolute Gasteiger partial charge is 0.335 e. The van der Waals surface area contributed by atoms with Crippen molar-refractivity contribution in [3.05, 3.63) is 29.3 Å². The number of aryl methyl sites for hydroxylation is 1. The molecule has 7 nitrogen and oxygen atoms in total. The first-order chi connectivity index (χ1) is 9.95. The highest BCUT2D eigenvalue weighted by Gasteiger charge is 2.10. The maximum absolute atomic E-state index is 11.8. The fraction of sp³-hybridized carbons (Fsp3) is 0.167. The number of benzene rings is 1. The number of thioether (sulfide) groups is 1. The number of nitrogens with zero attached hydrogens (tertiary/aromatic N) is 2. The summed E-state index contributed by atoms with van der Waals surface area (Å²) in [4.78, 5) is 22.7. The van der Waals surface area contributed by atoms with Crippen LogP contribution >= 0.6 is 23.1 Å². The summed E-state index contributed by atoms with van der Waals surface area (Å²) in [5.74, 6) is -1.03. The minimum Gasteiger partial charge on any atom is -0.478 e. The van der Waals surface area contributed by atoms with Crippen LogP contribution in [0.15, 0.2) is 22.5 Å². The van der Waals surface area contributed by atoms with Gasteiger partial charge in [0.2, 0.25) is 11.0 Å². The molecule has 1 heterocycles. The lowest BCUT2D eigenvalue weighted by atomic mass is 10.1. The molecule has 21 heavy (non-hydrogen) atoms. The average molecular weight is 324 g/mol. The summed E-state index contributed by atoms with van der Waals surface area (Å²) in [6, 6.07) is 4.53. The van der Waals surface area contributed by atoms with Crippen molar-refractivity contribution in [3.63, 3.8) is 0 Å². The van der Waals surface area contributed by atoms with Crippen molar-refractivity contribution in [2.24, 2.45) is 0 Å². The first kappa shape index (κ1) is 15.3. The highest BCUT2D eigenvalue weighted by molar-refractivity contribution is 8.01. The third-order valence-corrected chi connectivity index (χ3v) is 4.38. The van der Waals surface area contributed by atoms with Crippen molar-refractivity contribution in [2.75, 3.05) is 16.8 Å². The Kier molecular flexibility index (Phi) is 4.76. The molecule has 1 aromatic carbocycles. The Balaban J connectivity index is 1.94. The Hall–Kier alpha value is -2.13. The van der Waals surface area contributed by atoms with Crippen LogP contribution in [-0.4, -0.2) is 32.9 Å². The van der Waals surface area contributed by atoms with E-state index in [-0.39, 0.29) is 17.2 Å². The van der Waals surface area contributed by atoms with Crippen LogP contribution in [0, 0.1) is 6.92 Å². The summed E-state index contributed by atoms with van der Waals surface area (Å²) in [6.07, 6.45) is 0. The predicted octanol–water partition coefficient (Wildman–Crippen LogP) is 1.86. The molecule has 1 aromatic heterocycles. The van der Waals surface area contributed by atoms with Gasteiger partial charge in [-0.15, -0.1) is 10.2 Å². The molecule has 4 N–H and O–H groups in total. The number of nitrogens with two attached hydrogens (primary N) is 1. The second kappa shape index (κ2) is 6.55. The van der Waals surface area contributed by atoms with Gasteiger partial charge in [-0.1, -0.05) is 23.1 Å². The van der Waals surface area contributed by atoms with Crippen molar-refractivity contribution >= 4 is 45.8 Å². The fourth-order valence-corrected chi connectivity index (χ4v) is 2.97. The molecule has 0 saturated heterocycles. The Morgan fingerprint density at radius 3 is 2.76 bits per heavy atom. The number of carbonyl (C=O) groups is 2. The Morgan fingerprint density at radius 1 is 1.43 bits per heavy atom. The van der Waals surface area contributed by atoms with Gasteiger partial charge >= 0.3 is 5.97 Å². The first-order valence-corrected chi connectivity index (χ1v) is 7.61. The lowest BCUT2D eigenvalue weighted by Gasteiger charge is -2.08. The second-order valence-corrected chi connectivity index (χ2v) is 6.31. The molecule has 2 aromatic rings. The summed E-state index contributed by atoms with van der Waals surface area (Å²) in [5, 5.41) is 19.4. The Morgan fingerprint density at radius 2 is 2.19 bits per heavy atom. The monoisotopic (exact) mass is 324 g/mol. The summed E-state index contributed by atoms with van der Waals surface area (Å²) >= 11 is 2.46. The highest BCUT2D eigenvalue weighted by Crippen LogP contribution is 2.24. The van der Waals surface area contributed by atoms with E-state index < -0.39 is 5.97 Å². The topological polar surface area (TPSA) is 118 Å². The average Bonchev–Trinajstić information content (AvgIpc) is 2.84. The summed E-state index contributed by atoms with van der Waals surface area (Å²) in [7, 11) is 0. The van der Waals surface area contributed by atoms with Crippen molar-refractivity contribution in [1.29, 1.82) is 0 Å². The van der Waals surface area contributed by atoms with Crippen molar-refractivity contribution < 1.29 is 14.7 Å². The SMILES string of the molecule is Cc1cc(C(=O)O)ccc1NC(=O)CSc1nnc(N)s1. The number of hydrogen-bond donors (Lipinski definition) is 3. The van der Waals surface area contributed by atoms with Crippen LogP contribution in [-0.2, 0) is 4.79 Å². The second-order valence-electron chi connectivity index (χ2n) is 4.08. The Bertz CT molecular complexity index is 687. The molecule has 2 rings (SSSR count). The normalized spacial score (nSPS) is 10.3. The van der Waals surface area contributed by atoms with E-state index in [1.54, 1.807) is 13.0 Å². The van der Waals surface area contributed by atoms with Gasteiger partial charge in [0.1, 0.15) is 0 Å². The van der Waals surface area contributed by atoms with Crippen molar-refractivity contribution in [1.82, 2.24) is 10.2 Å². The summed E-state index contributed by atoms with van der Waals surface area (Å²) in [6.45, 7) is 1.74. The van der Waals surface area contributed by atoms with Crippen LogP contribution in [0.5, 0.6) is 0 Å². The largest absolute Gasteiger partial charge is 0.478 e. The minimum absolute atomic E-state index is 0.175. The van der Waals surface area contributed by atoms with Gasteiger partial charge in [-0.2, -0.15) is 0 Å². The van der Waals surface area contributed by atoms with Gasteiger partial charge in [-0.3, -0.25) is 4.79 Å². The summed E-state index contributed by atoms with van der Waals surface area (Å²) < 4.78 is 0.626. The number of aromatic carboxylic acids is 1. The Labute approximate surface area is 128 Å². The minimum atomic E-state index is -1.000. The molecule has 1 amide bonds. The molecule has 0 saturated carbocycles. The van der Waals surface area contributed by atoms with E-state index in [9.17, 15) is 9.59 Å². The molecule has 0 aliphatic rings. The van der Waals surface area contributed by atoms with Gasteiger partial charge < -0.3 is 16.2 Å². The first-order valence-electron chi connectivity index (χ1n) is 5.81. The summed E-state index contributed by atoms with van der Waals surface area (Å²) in [5.41, 5.74) is 6.91.